The fourth-order valence-electron chi connectivity index (χ4n) is 4.84. The molecule has 3 heterocycles. The van der Waals surface area contributed by atoms with E-state index in [1.54, 1.807) is 0 Å². The second kappa shape index (κ2) is 9.95. The zero-order valence-electron chi connectivity index (χ0n) is 19.6. The number of aryl methyl sites for hydroxylation is 1. The largest absolute Gasteiger partial charge is 0.483 e. The first-order valence-electron chi connectivity index (χ1n) is 11.3. The summed E-state index contributed by atoms with van der Waals surface area (Å²) < 4.78 is 0. The van der Waals surface area contributed by atoms with Crippen LogP contribution in [-0.4, -0.2) is 68.0 Å². The Morgan fingerprint density at radius 3 is 2.69 bits per heavy atom. The maximum Gasteiger partial charge on any atom is 0.290 e. The van der Waals surface area contributed by atoms with Crippen LogP contribution in [0.5, 0.6) is 0 Å². The number of rotatable bonds is 5. The lowest BCUT2D eigenvalue weighted by Gasteiger charge is -2.40. The lowest BCUT2D eigenvalue weighted by Crippen LogP contribution is -2.45. The number of likely N-dealkylation sites (tertiary alicyclic amines) is 1. The van der Waals surface area contributed by atoms with Crippen LogP contribution in [-0.2, 0) is 28.6 Å². The van der Waals surface area contributed by atoms with Crippen LogP contribution in [0.2, 0.25) is 0 Å². The number of carbonyl (C=O) groups is 1. The lowest BCUT2D eigenvalue weighted by atomic mass is 9.77. The molecular weight excluding hydrogens is 408 g/mol. The average Bonchev–Trinajstić information content (AvgIpc) is 3.30. The summed E-state index contributed by atoms with van der Waals surface area (Å²) in [6.45, 7) is 11.9. The quantitative estimate of drug-likeness (QED) is 0.518. The summed E-state index contributed by atoms with van der Waals surface area (Å²) in [6.07, 6.45) is 4.48. The van der Waals surface area contributed by atoms with E-state index < -0.39 is 0 Å². The van der Waals surface area contributed by atoms with Crippen molar-refractivity contribution in [1.82, 2.24) is 25.1 Å². The molecule has 2 aromatic heterocycles. The van der Waals surface area contributed by atoms with E-state index >= 15 is 0 Å². The van der Waals surface area contributed by atoms with Gasteiger partial charge in [-0.25, -0.2) is 9.97 Å². The second-order valence-electron chi connectivity index (χ2n) is 9.87. The number of fused-ring (bicyclic) bond motifs is 2. The molecule has 0 amide bonds. The normalized spacial score (nSPS) is 20.5. The number of nitrogens with zero attached hydrogens (tertiary/aromatic N) is 4. The molecular formula is C23H36N6O3. The Kier molecular flexibility index (Phi) is 7.51. The number of piperidine rings is 1. The van der Waals surface area contributed by atoms with Gasteiger partial charge in [-0.1, -0.05) is 20.8 Å². The maximum atomic E-state index is 9.30. The fourth-order valence-corrected chi connectivity index (χ4v) is 4.84. The van der Waals surface area contributed by atoms with Gasteiger partial charge in [-0.05, 0) is 45.2 Å². The average molecular weight is 445 g/mol. The van der Waals surface area contributed by atoms with Crippen LogP contribution in [0.4, 0.5) is 5.82 Å². The van der Waals surface area contributed by atoms with E-state index in [9.17, 15) is 5.11 Å². The Balaban J connectivity index is 0.000000913. The zero-order chi connectivity index (χ0) is 23.4. The van der Waals surface area contributed by atoms with Gasteiger partial charge in [0.1, 0.15) is 11.6 Å². The minimum absolute atomic E-state index is 0.0948. The van der Waals surface area contributed by atoms with Gasteiger partial charge in [0, 0.05) is 41.7 Å². The van der Waals surface area contributed by atoms with Crippen molar-refractivity contribution in [3.05, 3.63) is 34.5 Å². The lowest BCUT2D eigenvalue weighted by molar-refractivity contribution is -0.122. The van der Waals surface area contributed by atoms with Crippen molar-refractivity contribution in [3.63, 3.8) is 0 Å². The number of aromatic nitrogens is 4. The van der Waals surface area contributed by atoms with Gasteiger partial charge < -0.3 is 15.5 Å². The molecule has 32 heavy (non-hydrogen) atoms. The van der Waals surface area contributed by atoms with Crippen molar-refractivity contribution >= 4 is 12.3 Å². The fraction of sp³-hybridized carbons (Fsp3) is 0.652. The topological polar surface area (TPSA) is 127 Å². The molecule has 0 saturated carbocycles. The standard InChI is InChI=1S/C22H34N6O.CH2O2/c1-15-12-16(27-26-15)13-28-10-5-7-22(14-28)8-6-17-18(22)24-20(21(2,3)4)25-19(17)23-9-11-29;2-1-3/h12,29H,5-11,13-14H2,1-4H3,(H,26,27)(H,23,24,25);1H,(H,2,3). The van der Waals surface area contributed by atoms with Crippen LogP contribution in [0.1, 0.15) is 68.5 Å². The zero-order valence-corrected chi connectivity index (χ0v) is 19.6. The molecule has 0 bridgehead atoms. The molecule has 0 aromatic carbocycles. The maximum absolute atomic E-state index is 9.30. The molecule has 9 nitrogen and oxygen atoms in total. The van der Waals surface area contributed by atoms with Crippen molar-refractivity contribution in [2.75, 3.05) is 31.6 Å². The Morgan fingerprint density at radius 1 is 1.31 bits per heavy atom. The number of aromatic amines is 1. The van der Waals surface area contributed by atoms with Gasteiger partial charge in [-0.15, -0.1) is 0 Å². The van der Waals surface area contributed by atoms with Crippen LogP contribution >= 0.6 is 0 Å². The van der Waals surface area contributed by atoms with Crippen molar-refractivity contribution in [1.29, 1.82) is 0 Å². The first-order chi connectivity index (χ1) is 15.2. The minimum atomic E-state index is -0.250. The summed E-state index contributed by atoms with van der Waals surface area (Å²) in [5.41, 5.74) is 4.69. The van der Waals surface area contributed by atoms with E-state index in [2.05, 4.69) is 47.3 Å². The molecule has 0 radical (unpaired) electrons. The molecule has 4 rings (SSSR count). The van der Waals surface area contributed by atoms with E-state index in [4.69, 9.17) is 19.9 Å². The summed E-state index contributed by atoms with van der Waals surface area (Å²) in [7, 11) is 0. The van der Waals surface area contributed by atoms with Crippen molar-refractivity contribution in [2.45, 2.75) is 70.8 Å². The summed E-state index contributed by atoms with van der Waals surface area (Å²) in [6, 6.07) is 2.14. The van der Waals surface area contributed by atoms with Crippen molar-refractivity contribution in [2.24, 2.45) is 0 Å². The van der Waals surface area contributed by atoms with E-state index in [1.165, 1.54) is 24.1 Å². The first kappa shape index (κ1) is 24.1. The summed E-state index contributed by atoms with van der Waals surface area (Å²) in [5.74, 6) is 1.81. The smallest absolute Gasteiger partial charge is 0.290 e. The third kappa shape index (κ3) is 5.27. The number of aliphatic hydroxyl groups is 1. The molecule has 1 aliphatic carbocycles. The van der Waals surface area contributed by atoms with Crippen molar-refractivity contribution < 1.29 is 15.0 Å². The number of carboxylic acid groups (broad SMARTS) is 1. The summed E-state index contributed by atoms with van der Waals surface area (Å²) in [5, 5.41) is 27.0. The Morgan fingerprint density at radius 2 is 2.06 bits per heavy atom. The third-order valence-corrected chi connectivity index (χ3v) is 6.24. The van der Waals surface area contributed by atoms with Gasteiger partial charge in [0.2, 0.25) is 0 Å². The molecule has 2 aliphatic rings. The first-order valence-corrected chi connectivity index (χ1v) is 11.3. The van der Waals surface area contributed by atoms with Gasteiger partial charge in [0.05, 0.1) is 18.0 Å². The molecule has 2 aromatic rings. The number of H-pyrrole nitrogens is 1. The highest BCUT2D eigenvalue weighted by Gasteiger charge is 2.45. The summed E-state index contributed by atoms with van der Waals surface area (Å²) >= 11 is 0. The van der Waals surface area contributed by atoms with E-state index in [1.807, 2.05) is 6.92 Å². The monoisotopic (exact) mass is 444 g/mol. The number of hydrogen-bond acceptors (Lipinski definition) is 7. The Hall–Kier alpha value is -2.52. The van der Waals surface area contributed by atoms with Gasteiger partial charge in [-0.2, -0.15) is 5.10 Å². The molecule has 1 spiro atoms. The number of hydrogen-bond donors (Lipinski definition) is 4. The molecule has 9 heteroatoms. The molecule has 176 valence electrons. The molecule has 1 fully saturated rings. The highest BCUT2D eigenvalue weighted by atomic mass is 16.3. The second-order valence-corrected chi connectivity index (χ2v) is 9.87. The Labute approximate surface area is 189 Å². The van der Waals surface area contributed by atoms with Crippen LogP contribution in [0.3, 0.4) is 0 Å². The SMILES string of the molecule is Cc1cc(CN2CCCC3(CCc4c(NCCO)nc(C(C)(C)C)nc43)C2)n[nH]1.O=CO. The molecule has 4 N–H and O–H groups in total. The molecule has 1 unspecified atom stereocenters. The van der Waals surface area contributed by atoms with Gasteiger partial charge in [-0.3, -0.25) is 14.8 Å². The van der Waals surface area contributed by atoms with E-state index in [0.29, 0.717) is 6.54 Å². The van der Waals surface area contributed by atoms with Crippen molar-refractivity contribution in [3.8, 4) is 0 Å². The Bertz CT molecular complexity index is 923. The molecule has 1 saturated heterocycles. The van der Waals surface area contributed by atoms with Crippen LogP contribution in [0.25, 0.3) is 0 Å². The number of nitrogens with one attached hydrogen (secondary N) is 2. The summed E-state index contributed by atoms with van der Waals surface area (Å²) in [4.78, 5) is 20.9. The van der Waals surface area contributed by atoms with Crippen LogP contribution in [0.15, 0.2) is 6.07 Å². The van der Waals surface area contributed by atoms with Crippen LogP contribution < -0.4 is 5.32 Å². The van der Waals surface area contributed by atoms with Gasteiger partial charge in [0.25, 0.3) is 6.47 Å². The van der Waals surface area contributed by atoms with E-state index in [0.717, 1.165) is 55.5 Å². The van der Waals surface area contributed by atoms with Gasteiger partial charge in [0.15, 0.2) is 0 Å². The van der Waals surface area contributed by atoms with Gasteiger partial charge >= 0.3 is 0 Å². The highest BCUT2D eigenvalue weighted by molar-refractivity contribution is 5.53. The number of aliphatic hydroxyl groups excluding tert-OH is 1. The van der Waals surface area contributed by atoms with E-state index in [-0.39, 0.29) is 23.9 Å². The highest BCUT2D eigenvalue weighted by Crippen LogP contribution is 2.46. The molecule has 1 atom stereocenters. The number of anilines is 1. The third-order valence-electron chi connectivity index (χ3n) is 6.24. The molecule has 1 aliphatic heterocycles. The minimum Gasteiger partial charge on any atom is -0.483 e. The predicted molar refractivity (Wildman–Crippen MR) is 123 cm³/mol. The predicted octanol–water partition coefficient (Wildman–Crippen LogP) is 2.39. The van der Waals surface area contributed by atoms with Crippen LogP contribution in [0, 0.1) is 6.92 Å².